The Hall–Kier alpha value is -3.43. The molecule has 1 saturated carbocycles. The number of aromatic hydroxyl groups is 1. The number of ether oxygens (including phenoxy) is 1. The van der Waals surface area contributed by atoms with Crippen LogP contribution in [0.3, 0.4) is 0 Å². The van der Waals surface area contributed by atoms with Gasteiger partial charge in [-0.15, -0.1) is 10.2 Å². The monoisotopic (exact) mass is 532 g/mol. The highest BCUT2D eigenvalue weighted by atomic mass is 16.5. The van der Waals surface area contributed by atoms with Crippen LogP contribution in [-0.4, -0.2) is 82.0 Å². The lowest BCUT2D eigenvalue weighted by Gasteiger charge is -2.32. The molecule has 9 heteroatoms. The molecule has 9 nitrogen and oxygen atoms in total. The zero-order chi connectivity index (χ0) is 27.5. The van der Waals surface area contributed by atoms with E-state index in [0.29, 0.717) is 17.1 Å². The van der Waals surface area contributed by atoms with E-state index in [9.17, 15) is 9.90 Å². The third kappa shape index (κ3) is 5.94. The van der Waals surface area contributed by atoms with Gasteiger partial charge in [-0.25, -0.2) is 0 Å². The highest BCUT2D eigenvalue weighted by molar-refractivity contribution is 5.92. The molecule has 2 aliphatic rings. The molecule has 5 rings (SSSR count). The molecule has 1 amide bonds. The minimum atomic E-state index is -0.251. The summed E-state index contributed by atoms with van der Waals surface area (Å²) in [5.74, 6) is 1.18. The van der Waals surface area contributed by atoms with Crippen LogP contribution in [0.1, 0.15) is 67.2 Å². The molecular weight excluding hydrogens is 492 g/mol. The number of carbonyl (C=O) groups is 1. The molecule has 2 heterocycles. The Kier molecular flexibility index (Phi) is 8.18. The number of hydrogen-bond acceptors (Lipinski definition) is 7. The maximum absolute atomic E-state index is 13.4. The fourth-order valence-corrected chi connectivity index (χ4v) is 5.58. The van der Waals surface area contributed by atoms with Gasteiger partial charge in [0.15, 0.2) is 5.82 Å². The van der Waals surface area contributed by atoms with E-state index in [-0.39, 0.29) is 29.4 Å². The SMILES string of the molecule is COc1cc(O)c(-c2nnc(C(=O)NC3CCCC3)n2-c2ccc(CN3CCN(C)CC3)cc2)cc1C(C)C. The predicted octanol–water partition coefficient (Wildman–Crippen LogP) is 4.19. The third-order valence-electron chi connectivity index (χ3n) is 7.96. The van der Waals surface area contributed by atoms with E-state index in [1.807, 2.05) is 18.2 Å². The van der Waals surface area contributed by atoms with E-state index in [2.05, 4.69) is 58.3 Å². The summed E-state index contributed by atoms with van der Waals surface area (Å²) in [6.07, 6.45) is 4.19. The maximum atomic E-state index is 13.4. The first-order valence-electron chi connectivity index (χ1n) is 14.0. The highest BCUT2D eigenvalue weighted by Crippen LogP contribution is 2.38. The molecule has 0 spiro atoms. The standard InChI is InChI=1S/C30H40N6O3/c1-20(2)24-17-25(26(37)18-27(24)39-4)28-32-33-29(30(38)31-22-7-5-6-8-22)36(28)23-11-9-21(10-12-23)19-35-15-13-34(3)14-16-35/h9-12,17-18,20,22,37H,5-8,13-16,19H2,1-4H3,(H,31,38). The van der Waals surface area contributed by atoms with Crippen LogP contribution in [0.15, 0.2) is 36.4 Å². The Morgan fingerprint density at radius 1 is 1.08 bits per heavy atom. The Morgan fingerprint density at radius 2 is 1.77 bits per heavy atom. The number of likely N-dealkylation sites (N-methyl/N-ethyl adjacent to an activating group) is 1. The van der Waals surface area contributed by atoms with E-state index < -0.39 is 0 Å². The molecule has 0 unspecified atom stereocenters. The number of piperazine rings is 1. The van der Waals surface area contributed by atoms with Gasteiger partial charge in [0.1, 0.15) is 11.5 Å². The normalized spacial score (nSPS) is 17.2. The molecule has 1 aromatic heterocycles. The number of aromatic nitrogens is 3. The smallest absolute Gasteiger partial charge is 0.289 e. The van der Waals surface area contributed by atoms with Crippen molar-refractivity contribution >= 4 is 5.91 Å². The van der Waals surface area contributed by atoms with Crippen molar-refractivity contribution in [3.05, 3.63) is 53.3 Å². The van der Waals surface area contributed by atoms with Gasteiger partial charge in [0.25, 0.3) is 5.91 Å². The van der Waals surface area contributed by atoms with E-state index >= 15 is 0 Å². The molecule has 3 aromatic rings. The number of rotatable bonds is 8. The summed E-state index contributed by atoms with van der Waals surface area (Å²) < 4.78 is 7.28. The van der Waals surface area contributed by atoms with Gasteiger partial charge >= 0.3 is 0 Å². The van der Waals surface area contributed by atoms with Gasteiger partial charge in [-0.3, -0.25) is 14.3 Å². The van der Waals surface area contributed by atoms with Crippen LogP contribution in [0.2, 0.25) is 0 Å². The van der Waals surface area contributed by atoms with Crippen molar-refractivity contribution in [2.75, 3.05) is 40.3 Å². The fraction of sp³-hybridized carbons (Fsp3) is 0.500. The fourth-order valence-electron chi connectivity index (χ4n) is 5.58. The number of phenols is 1. The number of carbonyl (C=O) groups excluding carboxylic acids is 1. The maximum Gasteiger partial charge on any atom is 0.289 e. The molecule has 2 N–H and O–H groups in total. The third-order valence-corrected chi connectivity index (χ3v) is 7.96. The van der Waals surface area contributed by atoms with Gasteiger partial charge in [-0.1, -0.05) is 38.8 Å². The first-order chi connectivity index (χ1) is 18.8. The molecule has 2 fully saturated rings. The minimum absolute atomic E-state index is 0.0272. The molecule has 2 aromatic carbocycles. The largest absolute Gasteiger partial charge is 0.507 e. The van der Waals surface area contributed by atoms with E-state index in [4.69, 9.17) is 4.74 Å². The zero-order valence-corrected chi connectivity index (χ0v) is 23.5. The molecule has 0 radical (unpaired) electrons. The van der Waals surface area contributed by atoms with Gasteiger partial charge in [-0.2, -0.15) is 0 Å². The number of methoxy groups -OCH3 is 1. The van der Waals surface area contributed by atoms with Crippen LogP contribution in [0.25, 0.3) is 17.1 Å². The second-order valence-corrected chi connectivity index (χ2v) is 11.1. The minimum Gasteiger partial charge on any atom is -0.507 e. The topological polar surface area (TPSA) is 95.8 Å². The first-order valence-corrected chi connectivity index (χ1v) is 14.0. The van der Waals surface area contributed by atoms with Gasteiger partial charge < -0.3 is 20.1 Å². The molecule has 1 aliphatic carbocycles. The highest BCUT2D eigenvalue weighted by Gasteiger charge is 2.27. The molecule has 1 aliphatic heterocycles. The second kappa shape index (κ2) is 11.8. The number of nitrogens with one attached hydrogen (secondary N) is 1. The van der Waals surface area contributed by atoms with Crippen LogP contribution in [0.4, 0.5) is 0 Å². The van der Waals surface area contributed by atoms with Crippen molar-refractivity contribution in [1.29, 1.82) is 0 Å². The van der Waals surface area contributed by atoms with E-state index in [1.54, 1.807) is 17.7 Å². The van der Waals surface area contributed by atoms with Crippen molar-refractivity contribution in [1.82, 2.24) is 29.9 Å². The van der Waals surface area contributed by atoms with E-state index in [0.717, 1.165) is 69.7 Å². The Bertz CT molecular complexity index is 1290. The number of amides is 1. The summed E-state index contributed by atoms with van der Waals surface area (Å²) >= 11 is 0. The number of benzene rings is 2. The van der Waals surface area contributed by atoms with Crippen LogP contribution in [0.5, 0.6) is 11.5 Å². The number of nitrogens with zero attached hydrogens (tertiary/aromatic N) is 5. The second-order valence-electron chi connectivity index (χ2n) is 11.1. The van der Waals surface area contributed by atoms with Crippen molar-refractivity contribution in [2.24, 2.45) is 0 Å². The first kappa shape index (κ1) is 27.1. The molecule has 39 heavy (non-hydrogen) atoms. The molecule has 0 atom stereocenters. The summed E-state index contributed by atoms with van der Waals surface area (Å²) in [6, 6.07) is 11.9. The van der Waals surface area contributed by atoms with Crippen molar-refractivity contribution in [3.8, 4) is 28.6 Å². The quantitative estimate of drug-likeness (QED) is 0.449. The Labute approximate surface area is 230 Å². The average molecular weight is 533 g/mol. The predicted molar refractivity (Wildman–Crippen MR) is 152 cm³/mol. The summed E-state index contributed by atoms with van der Waals surface area (Å²) in [4.78, 5) is 18.2. The van der Waals surface area contributed by atoms with Gasteiger partial charge in [0.05, 0.1) is 12.7 Å². The average Bonchev–Trinajstić information content (AvgIpc) is 3.60. The number of hydrogen-bond donors (Lipinski definition) is 2. The van der Waals surface area contributed by atoms with Gasteiger partial charge in [0, 0.05) is 50.5 Å². The summed E-state index contributed by atoms with van der Waals surface area (Å²) in [7, 11) is 3.76. The van der Waals surface area contributed by atoms with Crippen LogP contribution in [-0.2, 0) is 6.54 Å². The lowest BCUT2D eigenvalue weighted by molar-refractivity contribution is 0.0925. The summed E-state index contributed by atoms with van der Waals surface area (Å²) in [5, 5.41) is 22.9. The van der Waals surface area contributed by atoms with Crippen LogP contribution >= 0.6 is 0 Å². The van der Waals surface area contributed by atoms with Crippen molar-refractivity contribution in [3.63, 3.8) is 0 Å². The van der Waals surface area contributed by atoms with Crippen molar-refractivity contribution in [2.45, 2.75) is 58.0 Å². The molecule has 208 valence electrons. The zero-order valence-electron chi connectivity index (χ0n) is 23.5. The van der Waals surface area contributed by atoms with Crippen LogP contribution < -0.4 is 10.1 Å². The molecule has 0 bridgehead atoms. The molecular formula is C30H40N6O3. The van der Waals surface area contributed by atoms with Gasteiger partial charge in [-0.05, 0) is 55.1 Å². The lowest BCUT2D eigenvalue weighted by atomic mass is 9.98. The van der Waals surface area contributed by atoms with Crippen LogP contribution in [0, 0.1) is 0 Å². The summed E-state index contributed by atoms with van der Waals surface area (Å²) in [6.45, 7) is 9.28. The summed E-state index contributed by atoms with van der Waals surface area (Å²) in [5.41, 5.74) is 3.44. The lowest BCUT2D eigenvalue weighted by Crippen LogP contribution is -2.43. The number of phenolic OH excluding ortho intramolecular Hbond substituents is 1. The van der Waals surface area contributed by atoms with Crippen molar-refractivity contribution < 1.29 is 14.6 Å². The molecule has 1 saturated heterocycles. The van der Waals surface area contributed by atoms with Gasteiger partial charge in [0.2, 0.25) is 5.82 Å². The van der Waals surface area contributed by atoms with E-state index in [1.165, 1.54) is 5.56 Å². The Balaban J connectivity index is 1.52. The Morgan fingerprint density at radius 3 is 2.41 bits per heavy atom.